The lowest BCUT2D eigenvalue weighted by molar-refractivity contribution is 0.487. The number of anilines is 1. The summed E-state index contributed by atoms with van der Waals surface area (Å²) in [6.07, 6.45) is 3.83. The number of rotatable bonds is 6. The highest BCUT2D eigenvalue weighted by Gasteiger charge is 2.27. The Kier molecular flexibility index (Phi) is 5.03. The van der Waals surface area contributed by atoms with Crippen LogP contribution < -0.4 is 5.32 Å². The minimum Gasteiger partial charge on any atom is -0.367 e. The number of nitriles is 1. The van der Waals surface area contributed by atoms with Gasteiger partial charge in [-0.1, -0.05) is 44.4 Å². The van der Waals surface area contributed by atoms with Crippen LogP contribution in [0.25, 0.3) is 0 Å². The lowest BCUT2D eigenvalue weighted by Gasteiger charge is -2.28. The van der Waals surface area contributed by atoms with Crippen molar-refractivity contribution < 1.29 is 0 Å². The van der Waals surface area contributed by atoms with Crippen LogP contribution in [-0.2, 0) is 0 Å². The zero-order valence-electron chi connectivity index (χ0n) is 11.1. The molecule has 1 rings (SSSR count). The van der Waals surface area contributed by atoms with E-state index in [0.29, 0.717) is 0 Å². The first-order valence-corrected chi connectivity index (χ1v) is 6.42. The lowest BCUT2D eigenvalue weighted by atomic mass is 9.90. The van der Waals surface area contributed by atoms with Crippen molar-refractivity contribution in [2.45, 2.75) is 52.0 Å². The summed E-state index contributed by atoms with van der Waals surface area (Å²) in [4.78, 5) is 0. The van der Waals surface area contributed by atoms with Crippen molar-refractivity contribution in [1.82, 2.24) is 0 Å². The molecule has 2 heteroatoms. The third-order valence-electron chi connectivity index (χ3n) is 3.00. The summed E-state index contributed by atoms with van der Waals surface area (Å²) in [5.41, 5.74) is 1.88. The molecule has 2 nitrogen and oxygen atoms in total. The van der Waals surface area contributed by atoms with Gasteiger partial charge in [0.25, 0.3) is 0 Å². The minimum atomic E-state index is -0.404. The van der Waals surface area contributed by atoms with Crippen LogP contribution in [0.3, 0.4) is 0 Å². The van der Waals surface area contributed by atoms with Gasteiger partial charge < -0.3 is 5.32 Å². The van der Waals surface area contributed by atoms with E-state index in [1.807, 2.05) is 12.1 Å². The predicted octanol–water partition coefficient (Wildman–Crippen LogP) is 4.27. The van der Waals surface area contributed by atoms with Crippen molar-refractivity contribution in [3.05, 3.63) is 29.8 Å². The molecule has 0 unspecified atom stereocenters. The van der Waals surface area contributed by atoms with E-state index in [2.05, 4.69) is 44.3 Å². The number of benzene rings is 1. The van der Waals surface area contributed by atoms with E-state index in [4.69, 9.17) is 0 Å². The molecule has 92 valence electrons. The fourth-order valence-corrected chi connectivity index (χ4v) is 2.16. The number of nitrogens with zero attached hydrogens (tertiary/aromatic N) is 1. The molecule has 0 spiro atoms. The second kappa shape index (κ2) is 6.30. The monoisotopic (exact) mass is 230 g/mol. The molecule has 0 fully saturated rings. The third kappa shape index (κ3) is 3.78. The summed E-state index contributed by atoms with van der Waals surface area (Å²) in [7, 11) is 0. The molecule has 1 N–H and O–H groups in total. The van der Waals surface area contributed by atoms with E-state index in [1.165, 1.54) is 5.56 Å². The number of hydrogen-bond acceptors (Lipinski definition) is 2. The molecular weight excluding hydrogens is 208 g/mol. The summed E-state index contributed by atoms with van der Waals surface area (Å²) < 4.78 is 0. The average Bonchev–Trinajstić information content (AvgIpc) is 2.33. The Labute approximate surface area is 105 Å². The molecule has 17 heavy (non-hydrogen) atoms. The lowest BCUT2D eigenvalue weighted by Crippen LogP contribution is -2.36. The van der Waals surface area contributed by atoms with Crippen molar-refractivity contribution in [3.8, 4) is 6.07 Å². The topological polar surface area (TPSA) is 35.8 Å². The quantitative estimate of drug-likeness (QED) is 0.792. The van der Waals surface area contributed by atoms with Crippen molar-refractivity contribution in [3.63, 3.8) is 0 Å². The Hall–Kier alpha value is -1.49. The Morgan fingerprint density at radius 3 is 2.06 bits per heavy atom. The van der Waals surface area contributed by atoms with Gasteiger partial charge in [-0.2, -0.15) is 5.26 Å². The first-order valence-electron chi connectivity index (χ1n) is 6.42. The third-order valence-corrected chi connectivity index (χ3v) is 3.00. The van der Waals surface area contributed by atoms with E-state index >= 15 is 0 Å². The molecule has 1 aromatic carbocycles. The molecule has 0 aliphatic rings. The maximum Gasteiger partial charge on any atom is 0.125 e. The number of nitrogens with one attached hydrogen (secondary N) is 1. The molecule has 0 aliphatic carbocycles. The maximum absolute atomic E-state index is 9.44. The summed E-state index contributed by atoms with van der Waals surface area (Å²) >= 11 is 0. The van der Waals surface area contributed by atoms with Crippen LogP contribution in [-0.4, -0.2) is 5.54 Å². The highest BCUT2D eigenvalue weighted by Crippen LogP contribution is 2.25. The Balaban J connectivity index is 2.85. The number of hydrogen-bond donors (Lipinski definition) is 1. The summed E-state index contributed by atoms with van der Waals surface area (Å²) in [6.45, 7) is 6.32. The zero-order chi connectivity index (χ0) is 12.7. The Bertz CT molecular complexity index is 367. The summed E-state index contributed by atoms with van der Waals surface area (Å²) in [6, 6.07) is 10.7. The van der Waals surface area contributed by atoms with Gasteiger partial charge in [0.05, 0.1) is 6.07 Å². The molecule has 0 radical (unpaired) electrons. The van der Waals surface area contributed by atoms with Crippen LogP contribution in [0.2, 0.25) is 0 Å². The molecule has 1 aromatic rings. The maximum atomic E-state index is 9.44. The van der Waals surface area contributed by atoms with Crippen LogP contribution in [0.4, 0.5) is 5.69 Å². The highest BCUT2D eigenvalue weighted by molar-refractivity contribution is 5.48. The molecular formula is C15H22N2. The Morgan fingerprint density at radius 1 is 1.12 bits per heavy atom. The van der Waals surface area contributed by atoms with Crippen LogP contribution in [0.15, 0.2) is 24.3 Å². The molecule has 0 saturated heterocycles. The molecule has 0 heterocycles. The highest BCUT2D eigenvalue weighted by atomic mass is 15.0. The van der Waals surface area contributed by atoms with Crippen LogP contribution >= 0.6 is 0 Å². The zero-order valence-corrected chi connectivity index (χ0v) is 11.1. The summed E-state index contributed by atoms with van der Waals surface area (Å²) in [5, 5.41) is 12.9. The van der Waals surface area contributed by atoms with E-state index in [0.717, 1.165) is 31.4 Å². The molecule has 0 saturated carbocycles. The largest absolute Gasteiger partial charge is 0.367 e. The van der Waals surface area contributed by atoms with E-state index < -0.39 is 5.54 Å². The van der Waals surface area contributed by atoms with Crippen LogP contribution in [0.1, 0.15) is 45.1 Å². The standard InChI is InChI=1S/C15H22N2/c1-4-10-15(12-16,11-5-2)17-14-8-6-13(3)7-9-14/h6-9,17H,4-5,10-11H2,1-3H3. The van der Waals surface area contributed by atoms with Gasteiger partial charge in [0.1, 0.15) is 5.54 Å². The SMILES string of the molecule is CCCC(C#N)(CCC)Nc1ccc(C)cc1. The van der Waals surface area contributed by atoms with E-state index in [-0.39, 0.29) is 0 Å². The molecule has 0 atom stereocenters. The van der Waals surface area contributed by atoms with Gasteiger partial charge in [-0.05, 0) is 31.9 Å². The van der Waals surface area contributed by atoms with Gasteiger partial charge in [0.2, 0.25) is 0 Å². The second-order valence-electron chi connectivity index (χ2n) is 4.68. The van der Waals surface area contributed by atoms with Gasteiger partial charge in [-0.3, -0.25) is 0 Å². The van der Waals surface area contributed by atoms with Crippen LogP contribution in [0, 0.1) is 18.3 Å². The first kappa shape index (κ1) is 13.6. The molecule has 0 aliphatic heterocycles. The first-order chi connectivity index (χ1) is 8.15. The molecule has 0 aromatic heterocycles. The average molecular weight is 230 g/mol. The van der Waals surface area contributed by atoms with E-state index in [1.54, 1.807) is 0 Å². The Morgan fingerprint density at radius 2 is 1.65 bits per heavy atom. The van der Waals surface area contributed by atoms with Crippen LogP contribution in [0.5, 0.6) is 0 Å². The van der Waals surface area contributed by atoms with Gasteiger partial charge in [-0.15, -0.1) is 0 Å². The molecule has 0 amide bonds. The summed E-state index contributed by atoms with van der Waals surface area (Å²) in [5.74, 6) is 0. The number of aryl methyl sites for hydroxylation is 1. The normalized spacial score (nSPS) is 10.9. The fraction of sp³-hybridized carbons (Fsp3) is 0.533. The van der Waals surface area contributed by atoms with Gasteiger partial charge >= 0.3 is 0 Å². The molecule has 0 bridgehead atoms. The predicted molar refractivity (Wildman–Crippen MR) is 73.0 cm³/mol. The van der Waals surface area contributed by atoms with Crippen molar-refractivity contribution >= 4 is 5.69 Å². The fourth-order valence-electron chi connectivity index (χ4n) is 2.16. The van der Waals surface area contributed by atoms with Crippen molar-refractivity contribution in [2.24, 2.45) is 0 Å². The van der Waals surface area contributed by atoms with Gasteiger partial charge in [-0.25, -0.2) is 0 Å². The smallest absolute Gasteiger partial charge is 0.125 e. The van der Waals surface area contributed by atoms with Gasteiger partial charge in [0.15, 0.2) is 0 Å². The minimum absolute atomic E-state index is 0.404. The van der Waals surface area contributed by atoms with E-state index in [9.17, 15) is 5.26 Å². The van der Waals surface area contributed by atoms with Crippen molar-refractivity contribution in [2.75, 3.05) is 5.32 Å². The van der Waals surface area contributed by atoms with Crippen molar-refractivity contribution in [1.29, 1.82) is 5.26 Å². The van der Waals surface area contributed by atoms with Gasteiger partial charge in [0, 0.05) is 5.69 Å². The second-order valence-corrected chi connectivity index (χ2v) is 4.68.